The van der Waals surface area contributed by atoms with Gasteiger partial charge < -0.3 is 19.7 Å². The summed E-state index contributed by atoms with van der Waals surface area (Å²) in [5, 5.41) is 19.9. The van der Waals surface area contributed by atoms with Gasteiger partial charge >= 0.3 is 0 Å². The second kappa shape index (κ2) is 7.46. The van der Waals surface area contributed by atoms with Gasteiger partial charge in [0.25, 0.3) is 11.8 Å². The summed E-state index contributed by atoms with van der Waals surface area (Å²) >= 11 is 0. The van der Waals surface area contributed by atoms with Crippen LogP contribution in [0.4, 0.5) is 11.4 Å². The largest absolute Gasteiger partial charge is 0.482 e. The van der Waals surface area contributed by atoms with Crippen molar-refractivity contribution in [2.45, 2.75) is 0 Å². The van der Waals surface area contributed by atoms with E-state index in [4.69, 9.17) is 20.0 Å². The highest BCUT2D eigenvalue weighted by Gasteiger charge is 2.22. The van der Waals surface area contributed by atoms with Gasteiger partial charge in [-0.2, -0.15) is 10.5 Å². The zero-order chi connectivity index (χ0) is 19.4. The first kappa shape index (κ1) is 17.8. The molecule has 8 heteroatoms. The number of carbonyl (C=O) groups is 2. The molecule has 2 aliphatic rings. The number of carbonyl (C=O) groups excluding carboxylic acids is 2. The molecule has 27 heavy (non-hydrogen) atoms. The quantitative estimate of drug-likeness (QED) is 0.764. The maximum absolute atomic E-state index is 11.3. The third-order valence-corrected chi connectivity index (χ3v) is 3.92. The van der Waals surface area contributed by atoms with E-state index in [1.807, 2.05) is 12.1 Å². The van der Waals surface area contributed by atoms with Crippen LogP contribution in [0.5, 0.6) is 11.5 Å². The minimum atomic E-state index is -0.192. The second-order valence-electron chi connectivity index (χ2n) is 5.70. The molecule has 0 radical (unpaired) electrons. The monoisotopic (exact) mass is 362 g/mol. The number of amides is 2. The number of nitriles is 2. The van der Waals surface area contributed by atoms with E-state index in [9.17, 15) is 9.59 Å². The molecule has 2 aromatic carbocycles. The average molecular weight is 362 g/mol. The number of rotatable bonds is 0. The van der Waals surface area contributed by atoms with Crippen LogP contribution in [0.15, 0.2) is 36.4 Å². The van der Waals surface area contributed by atoms with Gasteiger partial charge in [0, 0.05) is 7.05 Å². The van der Waals surface area contributed by atoms with E-state index in [2.05, 4.69) is 5.32 Å². The van der Waals surface area contributed by atoms with Crippen LogP contribution < -0.4 is 19.7 Å². The van der Waals surface area contributed by atoms with Gasteiger partial charge in [-0.3, -0.25) is 9.59 Å². The first-order valence-electron chi connectivity index (χ1n) is 7.92. The van der Waals surface area contributed by atoms with Gasteiger partial charge in [0.15, 0.2) is 13.2 Å². The zero-order valence-electron chi connectivity index (χ0n) is 14.4. The molecule has 0 unspecified atom stereocenters. The highest BCUT2D eigenvalue weighted by atomic mass is 16.5. The van der Waals surface area contributed by atoms with Gasteiger partial charge in [-0.15, -0.1) is 0 Å². The van der Waals surface area contributed by atoms with Crippen molar-refractivity contribution in [3.63, 3.8) is 0 Å². The number of benzene rings is 2. The number of fused-ring (bicyclic) bond motifs is 2. The number of likely N-dealkylation sites (N-methyl/N-ethyl adjacent to an activating group) is 1. The Hall–Kier alpha value is -4.04. The first-order valence-corrected chi connectivity index (χ1v) is 7.92. The fraction of sp³-hybridized carbons (Fsp3) is 0.158. The standard InChI is InChI=1S/C10H8N2O2.C9H6N2O2/c1-12-8-4-7(5-11)2-3-9(8)14-6-10(12)13;10-4-6-1-2-8-7(3-6)11-9(12)5-13-8/h2-4H,6H2,1H3;1-3H,5H2,(H,11,12). The lowest BCUT2D eigenvalue weighted by Crippen LogP contribution is -2.35. The highest BCUT2D eigenvalue weighted by Crippen LogP contribution is 2.31. The van der Waals surface area contributed by atoms with E-state index in [0.29, 0.717) is 34.0 Å². The summed E-state index contributed by atoms with van der Waals surface area (Å²) in [5.41, 5.74) is 2.24. The Balaban J connectivity index is 0.000000156. The van der Waals surface area contributed by atoms with E-state index in [0.717, 1.165) is 0 Å². The Bertz CT molecular complexity index is 1000. The van der Waals surface area contributed by atoms with Crippen molar-refractivity contribution in [2.24, 2.45) is 0 Å². The predicted octanol–water partition coefficient (Wildman–Crippen LogP) is 1.80. The zero-order valence-corrected chi connectivity index (χ0v) is 14.4. The molecule has 8 nitrogen and oxygen atoms in total. The minimum absolute atomic E-state index is 0.0406. The highest BCUT2D eigenvalue weighted by molar-refractivity contribution is 5.97. The van der Waals surface area contributed by atoms with E-state index >= 15 is 0 Å². The lowest BCUT2D eigenvalue weighted by Gasteiger charge is -2.25. The Morgan fingerprint density at radius 1 is 0.963 bits per heavy atom. The average Bonchev–Trinajstić information content (AvgIpc) is 2.70. The maximum Gasteiger partial charge on any atom is 0.264 e. The van der Waals surface area contributed by atoms with Gasteiger partial charge in [-0.1, -0.05) is 0 Å². The summed E-state index contributed by atoms with van der Waals surface area (Å²) in [4.78, 5) is 23.7. The maximum atomic E-state index is 11.3. The minimum Gasteiger partial charge on any atom is -0.482 e. The molecule has 2 aromatic rings. The summed E-state index contributed by atoms with van der Waals surface area (Å²) in [6, 6.07) is 13.9. The van der Waals surface area contributed by atoms with Gasteiger partial charge in [0.1, 0.15) is 11.5 Å². The SMILES string of the molecule is CN1C(=O)COc2ccc(C#N)cc21.N#Cc1ccc2c(c1)NC(=O)CO2. The van der Waals surface area contributed by atoms with Crippen molar-refractivity contribution in [3.8, 4) is 23.6 Å². The third kappa shape index (κ3) is 3.80. The predicted molar refractivity (Wildman–Crippen MR) is 95.3 cm³/mol. The molecular formula is C19H14N4O4. The third-order valence-electron chi connectivity index (χ3n) is 3.92. The molecule has 2 heterocycles. The molecule has 0 spiro atoms. The molecule has 0 atom stereocenters. The molecule has 0 saturated carbocycles. The smallest absolute Gasteiger partial charge is 0.264 e. The summed E-state index contributed by atoms with van der Waals surface area (Å²) in [6.07, 6.45) is 0. The molecule has 2 amide bonds. The van der Waals surface area contributed by atoms with Crippen molar-refractivity contribution in [1.82, 2.24) is 0 Å². The topological polar surface area (TPSA) is 115 Å². The molecular weight excluding hydrogens is 348 g/mol. The molecule has 4 rings (SSSR count). The number of nitrogens with one attached hydrogen (secondary N) is 1. The van der Waals surface area contributed by atoms with Gasteiger partial charge in [-0.05, 0) is 36.4 Å². The Morgan fingerprint density at radius 2 is 1.59 bits per heavy atom. The van der Waals surface area contributed by atoms with Gasteiger partial charge in [0.2, 0.25) is 0 Å². The molecule has 0 aromatic heterocycles. The molecule has 0 fully saturated rings. The lowest BCUT2D eigenvalue weighted by molar-refractivity contribution is -0.121. The number of hydrogen-bond acceptors (Lipinski definition) is 6. The first-order chi connectivity index (χ1) is 13.0. The Kier molecular flexibility index (Phi) is 4.91. The van der Waals surface area contributed by atoms with E-state index in [1.165, 1.54) is 4.90 Å². The van der Waals surface area contributed by atoms with Gasteiger partial charge in [-0.25, -0.2) is 0 Å². The van der Waals surface area contributed by atoms with Crippen LogP contribution in [0.2, 0.25) is 0 Å². The van der Waals surface area contributed by atoms with Crippen molar-refractivity contribution in [3.05, 3.63) is 47.5 Å². The van der Waals surface area contributed by atoms with Crippen LogP contribution in [0, 0.1) is 22.7 Å². The fourth-order valence-corrected chi connectivity index (χ4v) is 2.49. The van der Waals surface area contributed by atoms with Crippen LogP contribution in [-0.2, 0) is 9.59 Å². The van der Waals surface area contributed by atoms with E-state index in [1.54, 1.807) is 43.4 Å². The summed E-state index contributed by atoms with van der Waals surface area (Å²) in [5.74, 6) is 0.958. The molecule has 1 N–H and O–H groups in total. The second-order valence-corrected chi connectivity index (χ2v) is 5.70. The number of hydrogen-bond donors (Lipinski definition) is 1. The molecule has 134 valence electrons. The molecule has 0 saturated heterocycles. The summed E-state index contributed by atoms with van der Waals surface area (Å²) in [7, 11) is 1.67. The van der Waals surface area contributed by atoms with E-state index < -0.39 is 0 Å². The van der Waals surface area contributed by atoms with Crippen molar-refractivity contribution < 1.29 is 19.1 Å². The van der Waals surface area contributed by atoms with Crippen LogP contribution in [-0.4, -0.2) is 32.1 Å². The Labute approximate surface area is 155 Å². The Morgan fingerprint density at radius 3 is 2.30 bits per heavy atom. The lowest BCUT2D eigenvalue weighted by atomic mass is 10.1. The summed E-state index contributed by atoms with van der Waals surface area (Å²) < 4.78 is 10.3. The molecule has 0 aliphatic carbocycles. The van der Waals surface area contributed by atoms with Crippen molar-refractivity contribution in [2.75, 3.05) is 30.5 Å². The van der Waals surface area contributed by atoms with Gasteiger partial charge in [0.05, 0.1) is 34.6 Å². The number of anilines is 2. The normalized spacial score (nSPS) is 14.0. The molecule has 0 bridgehead atoms. The van der Waals surface area contributed by atoms with Crippen molar-refractivity contribution >= 4 is 23.2 Å². The van der Waals surface area contributed by atoms with Crippen LogP contribution in [0.25, 0.3) is 0 Å². The van der Waals surface area contributed by atoms with Crippen LogP contribution in [0.3, 0.4) is 0 Å². The summed E-state index contributed by atoms with van der Waals surface area (Å²) in [6.45, 7) is 0.105. The van der Waals surface area contributed by atoms with E-state index in [-0.39, 0.29) is 25.0 Å². The fourth-order valence-electron chi connectivity index (χ4n) is 2.49. The number of ether oxygens (including phenoxy) is 2. The van der Waals surface area contributed by atoms with Crippen LogP contribution >= 0.6 is 0 Å². The van der Waals surface area contributed by atoms with Crippen LogP contribution in [0.1, 0.15) is 11.1 Å². The molecule has 2 aliphatic heterocycles. The number of nitrogens with zero attached hydrogens (tertiary/aromatic N) is 3. The van der Waals surface area contributed by atoms with Crippen molar-refractivity contribution in [1.29, 1.82) is 10.5 Å².